The van der Waals surface area contributed by atoms with Crippen molar-refractivity contribution in [3.05, 3.63) is 34.7 Å². The third-order valence-corrected chi connectivity index (χ3v) is 4.05. The largest absolute Gasteiger partial charge is 0.379 e. The lowest BCUT2D eigenvalue weighted by Gasteiger charge is -2.23. The van der Waals surface area contributed by atoms with E-state index in [4.69, 9.17) is 4.74 Å². The van der Waals surface area contributed by atoms with Gasteiger partial charge in [0.25, 0.3) is 0 Å². The molecule has 1 unspecified atom stereocenters. The van der Waals surface area contributed by atoms with Gasteiger partial charge in [-0.25, -0.2) is 4.98 Å². The monoisotopic (exact) mass is 290 g/mol. The van der Waals surface area contributed by atoms with Crippen LogP contribution in [0.4, 0.5) is 11.8 Å². The Morgan fingerprint density at radius 2 is 2.40 bits per heavy atom. The second-order valence-corrected chi connectivity index (χ2v) is 5.79. The van der Waals surface area contributed by atoms with Gasteiger partial charge in [-0.1, -0.05) is 6.07 Å². The highest BCUT2D eigenvalue weighted by Gasteiger charge is 2.14. The van der Waals surface area contributed by atoms with Gasteiger partial charge in [-0.05, 0) is 30.4 Å². The Kier molecular flexibility index (Phi) is 4.45. The molecule has 1 aliphatic rings. The molecule has 2 aromatic rings. The van der Waals surface area contributed by atoms with Crippen LogP contribution in [0.25, 0.3) is 0 Å². The molecule has 5 nitrogen and oxygen atoms in total. The smallest absolute Gasteiger partial charge is 0.224 e. The molecule has 3 rings (SSSR count). The SMILES string of the molecule is c1csc(CNc2nccc(NC3CCCOC3)n2)c1. The van der Waals surface area contributed by atoms with Gasteiger partial charge in [0, 0.05) is 17.7 Å². The number of nitrogens with one attached hydrogen (secondary N) is 2. The van der Waals surface area contributed by atoms with E-state index in [1.54, 1.807) is 17.5 Å². The molecule has 0 saturated carbocycles. The fourth-order valence-electron chi connectivity index (χ4n) is 2.17. The first-order valence-electron chi connectivity index (χ1n) is 6.84. The Morgan fingerprint density at radius 3 is 3.20 bits per heavy atom. The van der Waals surface area contributed by atoms with Crippen molar-refractivity contribution in [2.75, 3.05) is 23.8 Å². The maximum absolute atomic E-state index is 5.46. The topological polar surface area (TPSA) is 59.1 Å². The third-order valence-electron chi connectivity index (χ3n) is 3.17. The van der Waals surface area contributed by atoms with Crippen molar-refractivity contribution < 1.29 is 4.74 Å². The van der Waals surface area contributed by atoms with E-state index in [2.05, 4.69) is 32.0 Å². The summed E-state index contributed by atoms with van der Waals surface area (Å²) in [6.45, 7) is 2.38. The molecule has 3 heterocycles. The maximum Gasteiger partial charge on any atom is 0.224 e. The molecular weight excluding hydrogens is 272 g/mol. The van der Waals surface area contributed by atoms with Gasteiger partial charge in [0.2, 0.25) is 5.95 Å². The third kappa shape index (κ3) is 3.68. The summed E-state index contributed by atoms with van der Waals surface area (Å²) in [5.41, 5.74) is 0. The van der Waals surface area contributed by atoms with Gasteiger partial charge in [0.1, 0.15) is 5.82 Å². The van der Waals surface area contributed by atoms with Crippen molar-refractivity contribution in [1.29, 1.82) is 0 Å². The Bertz CT molecular complexity index is 526. The quantitative estimate of drug-likeness (QED) is 0.886. The molecule has 6 heteroatoms. The predicted octanol–water partition coefficient (Wildman–Crippen LogP) is 2.74. The van der Waals surface area contributed by atoms with Gasteiger partial charge in [-0.15, -0.1) is 11.3 Å². The fourth-order valence-corrected chi connectivity index (χ4v) is 2.81. The van der Waals surface area contributed by atoms with Crippen LogP contribution in [-0.4, -0.2) is 29.2 Å². The Labute approximate surface area is 122 Å². The van der Waals surface area contributed by atoms with Crippen LogP contribution in [-0.2, 0) is 11.3 Å². The molecule has 1 saturated heterocycles. The number of hydrogen-bond acceptors (Lipinski definition) is 6. The van der Waals surface area contributed by atoms with Crippen LogP contribution in [0.5, 0.6) is 0 Å². The highest BCUT2D eigenvalue weighted by molar-refractivity contribution is 7.09. The minimum atomic E-state index is 0.351. The Hall–Kier alpha value is -1.66. The van der Waals surface area contributed by atoms with Crippen molar-refractivity contribution in [2.24, 2.45) is 0 Å². The fraction of sp³-hybridized carbons (Fsp3) is 0.429. The predicted molar refractivity (Wildman–Crippen MR) is 81.1 cm³/mol. The van der Waals surface area contributed by atoms with Crippen LogP contribution in [0.1, 0.15) is 17.7 Å². The van der Waals surface area contributed by atoms with Crippen LogP contribution >= 0.6 is 11.3 Å². The lowest BCUT2D eigenvalue weighted by atomic mass is 10.1. The summed E-state index contributed by atoms with van der Waals surface area (Å²) in [5.74, 6) is 1.50. The van der Waals surface area contributed by atoms with E-state index in [-0.39, 0.29) is 0 Å². The Morgan fingerprint density at radius 1 is 1.40 bits per heavy atom. The van der Waals surface area contributed by atoms with Crippen molar-refractivity contribution in [3.8, 4) is 0 Å². The van der Waals surface area contributed by atoms with Crippen LogP contribution in [0.15, 0.2) is 29.8 Å². The van der Waals surface area contributed by atoms with Crippen LogP contribution in [0.3, 0.4) is 0 Å². The summed E-state index contributed by atoms with van der Waals surface area (Å²) in [4.78, 5) is 10.00. The first-order valence-corrected chi connectivity index (χ1v) is 7.72. The zero-order valence-electron chi connectivity index (χ0n) is 11.2. The molecule has 20 heavy (non-hydrogen) atoms. The highest BCUT2D eigenvalue weighted by atomic mass is 32.1. The first kappa shape index (κ1) is 13.3. The molecule has 1 atom stereocenters. The van der Waals surface area contributed by atoms with Crippen molar-refractivity contribution >= 4 is 23.1 Å². The zero-order valence-corrected chi connectivity index (χ0v) is 12.0. The van der Waals surface area contributed by atoms with Crippen LogP contribution in [0.2, 0.25) is 0 Å². The van der Waals surface area contributed by atoms with Crippen molar-refractivity contribution in [1.82, 2.24) is 9.97 Å². The number of hydrogen-bond donors (Lipinski definition) is 2. The number of rotatable bonds is 5. The van der Waals surface area contributed by atoms with Crippen LogP contribution < -0.4 is 10.6 Å². The van der Waals surface area contributed by atoms with Gasteiger partial charge in [0.05, 0.1) is 19.2 Å². The van der Waals surface area contributed by atoms with E-state index in [1.165, 1.54) is 4.88 Å². The van der Waals surface area contributed by atoms with Crippen molar-refractivity contribution in [3.63, 3.8) is 0 Å². The van der Waals surface area contributed by atoms with Gasteiger partial charge >= 0.3 is 0 Å². The minimum absolute atomic E-state index is 0.351. The van der Waals surface area contributed by atoms with Crippen molar-refractivity contribution in [2.45, 2.75) is 25.4 Å². The Balaban J connectivity index is 1.57. The number of nitrogens with zero attached hydrogens (tertiary/aromatic N) is 2. The molecule has 0 radical (unpaired) electrons. The molecule has 106 valence electrons. The van der Waals surface area contributed by atoms with E-state index in [0.29, 0.717) is 12.0 Å². The zero-order chi connectivity index (χ0) is 13.6. The lowest BCUT2D eigenvalue weighted by Crippen LogP contribution is -2.30. The average molecular weight is 290 g/mol. The van der Waals surface area contributed by atoms with Gasteiger partial charge in [-0.2, -0.15) is 4.98 Å². The first-order chi connectivity index (χ1) is 9.90. The van der Waals surface area contributed by atoms with E-state index in [9.17, 15) is 0 Å². The number of thiophene rings is 1. The molecule has 1 aliphatic heterocycles. The summed E-state index contributed by atoms with van der Waals surface area (Å²) < 4.78 is 5.46. The summed E-state index contributed by atoms with van der Waals surface area (Å²) in [6.07, 6.45) is 4.00. The number of anilines is 2. The molecule has 0 amide bonds. The maximum atomic E-state index is 5.46. The van der Waals surface area contributed by atoms with Gasteiger partial charge in [-0.3, -0.25) is 0 Å². The molecule has 0 aliphatic carbocycles. The summed E-state index contributed by atoms with van der Waals surface area (Å²) in [5, 5.41) is 8.71. The second-order valence-electron chi connectivity index (χ2n) is 4.76. The molecule has 2 N–H and O–H groups in total. The highest BCUT2D eigenvalue weighted by Crippen LogP contribution is 2.14. The number of ether oxygens (including phenoxy) is 1. The minimum Gasteiger partial charge on any atom is -0.379 e. The van der Waals surface area contributed by atoms with Gasteiger partial charge < -0.3 is 15.4 Å². The molecule has 2 aromatic heterocycles. The standard InChI is InChI=1S/C14H18N4OS/c1-3-11(10-19-7-1)17-13-5-6-15-14(18-13)16-9-12-4-2-8-20-12/h2,4-6,8,11H,1,3,7,9-10H2,(H2,15,16,17,18). The lowest BCUT2D eigenvalue weighted by molar-refractivity contribution is 0.0875. The molecule has 0 bridgehead atoms. The molecule has 0 spiro atoms. The molecule has 0 aromatic carbocycles. The summed E-state index contributed by atoms with van der Waals surface area (Å²) in [6, 6.07) is 6.39. The molecule has 1 fully saturated rings. The van der Waals surface area contributed by atoms with Gasteiger partial charge in [0.15, 0.2) is 0 Å². The van der Waals surface area contributed by atoms with E-state index in [0.717, 1.165) is 38.4 Å². The number of aromatic nitrogens is 2. The molecular formula is C14H18N4OS. The average Bonchev–Trinajstić information content (AvgIpc) is 3.00. The summed E-state index contributed by atoms with van der Waals surface area (Å²) in [7, 11) is 0. The van der Waals surface area contributed by atoms with E-state index >= 15 is 0 Å². The summed E-state index contributed by atoms with van der Waals surface area (Å²) >= 11 is 1.72. The van der Waals surface area contributed by atoms with Crippen LogP contribution in [0, 0.1) is 0 Å². The van der Waals surface area contributed by atoms with E-state index < -0.39 is 0 Å². The second kappa shape index (κ2) is 6.67. The van der Waals surface area contributed by atoms with E-state index in [1.807, 2.05) is 12.1 Å². The normalized spacial score (nSPS) is 18.7.